The number of carbonyl (C=O) groups excluding carboxylic acids is 1. The first-order valence-corrected chi connectivity index (χ1v) is 8.22. The summed E-state index contributed by atoms with van der Waals surface area (Å²) in [5.74, 6) is 1.31. The summed E-state index contributed by atoms with van der Waals surface area (Å²) < 4.78 is 10.6. The number of hydrogen-bond acceptors (Lipinski definition) is 6. The highest BCUT2D eigenvalue weighted by atomic mass is 16.5. The van der Waals surface area contributed by atoms with Crippen molar-refractivity contribution >= 4 is 29.4 Å². The highest BCUT2D eigenvalue weighted by molar-refractivity contribution is 6.45. The lowest BCUT2D eigenvalue weighted by atomic mass is 9.96. The van der Waals surface area contributed by atoms with E-state index in [9.17, 15) is 4.79 Å². The van der Waals surface area contributed by atoms with Gasteiger partial charge in [0.1, 0.15) is 17.2 Å². The van der Waals surface area contributed by atoms with Crippen molar-refractivity contribution in [3.8, 4) is 11.5 Å². The molecule has 1 aliphatic carbocycles. The molecule has 2 aliphatic heterocycles. The second-order valence-corrected chi connectivity index (χ2v) is 5.98. The van der Waals surface area contributed by atoms with Crippen LogP contribution in [-0.2, 0) is 4.79 Å². The van der Waals surface area contributed by atoms with E-state index in [1.807, 2.05) is 6.07 Å². The summed E-state index contributed by atoms with van der Waals surface area (Å²) in [6.45, 7) is 0. The molecule has 0 bridgehead atoms. The van der Waals surface area contributed by atoms with E-state index in [4.69, 9.17) is 9.47 Å². The zero-order valence-corrected chi connectivity index (χ0v) is 14.2. The van der Waals surface area contributed by atoms with Crippen molar-refractivity contribution in [3.63, 3.8) is 0 Å². The molecule has 0 N–H and O–H groups in total. The predicted molar refractivity (Wildman–Crippen MR) is 95.1 cm³/mol. The van der Waals surface area contributed by atoms with Crippen molar-refractivity contribution in [2.45, 2.75) is 25.7 Å². The quantitative estimate of drug-likeness (QED) is 0.794. The Balaban J connectivity index is 1.75. The lowest BCUT2D eigenvalue weighted by Crippen LogP contribution is -2.33. The smallest absolute Gasteiger partial charge is 0.299 e. The van der Waals surface area contributed by atoms with Gasteiger partial charge in [0.15, 0.2) is 0 Å². The molecule has 4 rings (SSSR count). The van der Waals surface area contributed by atoms with Crippen LogP contribution in [0.5, 0.6) is 11.5 Å². The van der Waals surface area contributed by atoms with Crippen LogP contribution in [-0.4, -0.2) is 42.5 Å². The monoisotopic (exact) mass is 338 g/mol. The minimum Gasteiger partial charge on any atom is -0.497 e. The second-order valence-electron chi connectivity index (χ2n) is 5.98. The topological polar surface area (TPSA) is 75.8 Å². The lowest BCUT2D eigenvalue weighted by Gasteiger charge is -2.24. The van der Waals surface area contributed by atoms with Gasteiger partial charge in [0.25, 0.3) is 11.9 Å². The third-order valence-corrected chi connectivity index (χ3v) is 4.43. The number of ether oxygens (including phenoxy) is 2. The average Bonchev–Trinajstić information content (AvgIpc) is 2.94. The Bertz CT molecular complexity index is 867. The van der Waals surface area contributed by atoms with Gasteiger partial charge in [-0.2, -0.15) is 15.1 Å². The van der Waals surface area contributed by atoms with Gasteiger partial charge in [0, 0.05) is 5.56 Å². The summed E-state index contributed by atoms with van der Waals surface area (Å²) in [5, 5.41) is 6.15. The standard InChI is InChI=1S/C18H18N4O3/c1-24-12-7-8-16(25-2)11(9-12)10-15-17(23)20-18-19-13-5-3-4-6-14(13)21-22(15)18/h7-10H,3-6H2,1-2H3. The third kappa shape index (κ3) is 2.71. The van der Waals surface area contributed by atoms with Crippen LogP contribution in [0.1, 0.15) is 31.2 Å². The van der Waals surface area contributed by atoms with Crippen molar-refractivity contribution in [3.05, 3.63) is 29.5 Å². The first kappa shape index (κ1) is 15.6. The Labute approximate surface area is 145 Å². The van der Waals surface area contributed by atoms with Crippen LogP contribution in [0, 0.1) is 0 Å². The normalized spacial score (nSPS) is 20.6. The molecule has 2 heterocycles. The summed E-state index contributed by atoms with van der Waals surface area (Å²) in [4.78, 5) is 21.0. The van der Waals surface area contributed by atoms with Crippen molar-refractivity contribution < 1.29 is 14.3 Å². The molecule has 1 aromatic rings. The van der Waals surface area contributed by atoms with Crippen LogP contribution in [0.25, 0.3) is 6.08 Å². The summed E-state index contributed by atoms with van der Waals surface area (Å²) in [5.41, 5.74) is 2.99. The molecule has 7 heteroatoms. The molecule has 0 saturated heterocycles. The van der Waals surface area contributed by atoms with Gasteiger partial charge in [-0.25, -0.2) is 4.99 Å². The van der Waals surface area contributed by atoms with Crippen LogP contribution >= 0.6 is 0 Å². The number of nitrogens with zero attached hydrogens (tertiary/aromatic N) is 4. The first-order chi connectivity index (χ1) is 12.2. The Morgan fingerprint density at radius 1 is 1.08 bits per heavy atom. The highest BCUT2D eigenvalue weighted by Crippen LogP contribution is 2.30. The zero-order chi connectivity index (χ0) is 17.4. The molecular formula is C18H18N4O3. The fourth-order valence-electron chi connectivity index (χ4n) is 3.13. The maximum absolute atomic E-state index is 12.4. The lowest BCUT2D eigenvalue weighted by molar-refractivity contribution is -0.114. The Hall–Kier alpha value is -2.96. The van der Waals surface area contributed by atoms with E-state index in [2.05, 4.69) is 15.1 Å². The van der Waals surface area contributed by atoms with E-state index in [0.717, 1.165) is 42.7 Å². The number of fused-ring (bicyclic) bond motifs is 2. The predicted octanol–water partition coefficient (Wildman–Crippen LogP) is 2.63. The number of amides is 1. The van der Waals surface area contributed by atoms with Gasteiger partial charge in [-0.1, -0.05) is 0 Å². The Morgan fingerprint density at radius 3 is 2.64 bits per heavy atom. The molecule has 0 spiro atoms. The van der Waals surface area contributed by atoms with Gasteiger partial charge in [-0.3, -0.25) is 4.79 Å². The minimum atomic E-state index is -0.354. The van der Waals surface area contributed by atoms with Crippen LogP contribution < -0.4 is 9.47 Å². The molecule has 0 aromatic heterocycles. The van der Waals surface area contributed by atoms with E-state index >= 15 is 0 Å². The number of rotatable bonds is 3. The van der Waals surface area contributed by atoms with Gasteiger partial charge < -0.3 is 9.47 Å². The summed E-state index contributed by atoms with van der Waals surface area (Å²) in [6.07, 6.45) is 5.68. The van der Waals surface area contributed by atoms with E-state index in [0.29, 0.717) is 23.2 Å². The molecule has 128 valence electrons. The van der Waals surface area contributed by atoms with Gasteiger partial charge >= 0.3 is 0 Å². The summed E-state index contributed by atoms with van der Waals surface area (Å²) in [6, 6.07) is 5.41. The molecule has 3 aliphatic rings. The fourth-order valence-corrected chi connectivity index (χ4v) is 3.13. The molecule has 1 saturated carbocycles. The van der Waals surface area contributed by atoms with Crippen molar-refractivity contribution in [1.29, 1.82) is 0 Å². The molecule has 0 unspecified atom stereocenters. The van der Waals surface area contributed by atoms with Crippen molar-refractivity contribution in [1.82, 2.24) is 5.01 Å². The fraction of sp³-hybridized carbons (Fsp3) is 0.333. The van der Waals surface area contributed by atoms with Gasteiger partial charge in [0.2, 0.25) is 0 Å². The third-order valence-electron chi connectivity index (χ3n) is 4.43. The zero-order valence-electron chi connectivity index (χ0n) is 14.2. The summed E-state index contributed by atoms with van der Waals surface area (Å²) in [7, 11) is 3.18. The van der Waals surface area contributed by atoms with E-state index in [1.165, 1.54) is 5.01 Å². The van der Waals surface area contributed by atoms with E-state index < -0.39 is 0 Å². The molecular weight excluding hydrogens is 320 g/mol. The second kappa shape index (κ2) is 6.16. The van der Waals surface area contributed by atoms with E-state index in [-0.39, 0.29) is 5.91 Å². The van der Waals surface area contributed by atoms with Crippen LogP contribution in [0.15, 0.2) is 39.0 Å². The number of hydrogen-bond donors (Lipinski definition) is 0. The van der Waals surface area contributed by atoms with Crippen molar-refractivity contribution in [2.24, 2.45) is 15.1 Å². The molecule has 25 heavy (non-hydrogen) atoms. The van der Waals surface area contributed by atoms with Gasteiger partial charge in [-0.05, 0) is 50.0 Å². The number of carbonyl (C=O) groups is 1. The van der Waals surface area contributed by atoms with Crippen LogP contribution in [0.3, 0.4) is 0 Å². The largest absolute Gasteiger partial charge is 0.497 e. The maximum Gasteiger partial charge on any atom is 0.299 e. The first-order valence-electron chi connectivity index (χ1n) is 8.22. The van der Waals surface area contributed by atoms with Gasteiger partial charge in [0.05, 0.1) is 25.6 Å². The van der Waals surface area contributed by atoms with Crippen LogP contribution in [0.2, 0.25) is 0 Å². The maximum atomic E-state index is 12.4. The minimum absolute atomic E-state index is 0.346. The molecule has 1 aromatic carbocycles. The molecule has 0 radical (unpaired) electrons. The van der Waals surface area contributed by atoms with Crippen LogP contribution in [0.4, 0.5) is 0 Å². The van der Waals surface area contributed by atoms with Crippen molar-refractivity contribution in [2.75, 3.05) is 14.2 Å². The summed E-state index contributed by atoms with van der Waals surface area (Å²) >= 11 is 0. The number of guanidine groups is 1. The number of benzene rings is 1. The Kier molecular flexibility index (Phi) is 3.83. The molecule has 7 nitrogen and oxygen atoms in total. The molecule has 0 atom stereocenters. The van der Waals surface area contributed by atoms with E-state index in [1.54, 1.807) is 32.4 Å². The van der Waals surface area contributed by atoms with Gasteiger partial charge in [-0.15, -0.1) is 0 Å². The molecule has 1 fully saturated rings. The SMILES string of the molecule is COc1ccc(OC)c(C=C2C(=O)N=C3N=C4CCCCC4=NN23)c1. The number of methoxy groups -OCH3 is 2. The Morgan fingerprint density at radius 2 is 1.88 bits per heavy atom. The average molecular weight is 338 g/mol. The number of hydrazone groups is 1. The number of aliphatic imine (C=N–C) groups is 2. The molecule has 1 amide bonds. The highest BCUT2D eigenvalue weighted by Gasteiger charge is 2.34.